The fourth-order valence-electron chi connectivity index (χ4n) is 1.51. The normalized spacial score (nSPS) is 10.3. The molecule has 1 aromatic carbocycles. The third-order valence-electron chi connectivity index (χ3n) is 2.45. The molecule has 8 heteroatoms. The summed E-state index contributed by atoms with van der Waals surface area (Å²) >= 11 is 8.85. The van der Waals surface area contributed by atoms with Crippen molar-refractivity contribution >= 4 is 44.8 Å². The van der Waals surface area contributed by atoms with E-state index in [-0.39, 0.29) is 18.0 Å². The molecule has 0 spiro atoms. The number of halogens is 2. The van der Waals surface area contributed by atoms with Crippen molar-refractivity contribution in [1.82, 2.24) is 9.55 Å². The monoisotopic (exact) mass is 356 g/mol. The molecule has 0 radical (unpaired) electrons. The highest BCUT2D eigenvalue weighted by atomic mass is 79.9. The molecule has 1 heterocycles. The van der Waals surface area contributed by atoms with E-state index in [1.165, 1.54) is 17.1 Å². The van der Waals surface area contributed by atoms with E-state index in [9.17, 15) is 9.59 Å². The predicted octanol–water partition coefficient (Wildman–Crippen LogP) is 1.88. The molecule has 0 bridgehead atoms. The van der Waals surface area contributed by atoms with Crippen LogP contribution in [0.5, 0.6) is 0 Å². The highest BCUT2D eigenvalue weighted by molar-refractivity contribution is 9.10. The van der Waals surface area contributed by atoms with E-state index in [1.54, 1.807) is 18.2 Å². The number of anilines is 2. The molecule has 0 aliphatic rings. The fourth-order valence-corrected chi connectivity index (χ4v) is 1.98. The van der Waals surface area contributed by atoms with E-state index in [4.69, 9.17) is 17.3 Å². The Bertz CT molecular complexity index is 717. The van der Waals surface area contributed by atoms with Gasteiger partial charge in [0.1, 0.15) is 11.0 Å². The molecule has 20 heavy (non-hydrogen) atoms. The standard InChI is InChI=1S/C12H10BrClN4O2/c13-8-4-16-6-18(12(8)20)5-11(19)17-7-1-2-9(14)10(15)3-7/h1-4,6H,5,15H2,(H,17,19). The third kappa shape index (κ3) is 3.37. The number of hydrogen-bond donors (Lipinski definition) is 2. The van der Waals surface area contributed by atoms with Gasteiger partial charge in [0.25, 0.3) is 5.56 Å². The minimum Gasteiger partial charge on any atom is -0.397 e. The summed E-state index contributed by atoms with van der Waals surface area (Å²) < 4.78 is 1.49. The zero-order valence-corrected chi connectivity index (χ0v) is 12.5. The van der Waals surface area contributed by atoms with Crippen molar-refractivity contribution in [2.75, 3.05) is 11.1 Å². The molecule has 1 amide bonds. The van der Waals surface area contributed by atoms with E-state index in [0.717, 1.165) is 0 Å². The average molecular weight is 358 g/mol. The lowest BCUT2D eigenvalue weighted by Crippen LogP contribution is -2.28. The summed E-state index contributed by atoms with van der Waals surface area (Å²) in [7, 11) is 0. The molecular weight excluding hydrogens is 348 g/mol. The molecule has 0 atom stereocenters. The van der Waals surface area contributed by atoms with Gasteiger partial charge in [-0.1, -0.05) is 11.6 Å². The zero-order valence-electron chi connectivity index (χ0n) is 10.1. The van der Waals surface area contributed by atoms with Crippen LogP contribution in [0.15, 0.2) is 40.0 Å². The highest BCUT2D eigenvalue weighted by Gasteiger charge is 2.08. The van der Waals surface area contributed by atoms with E-state index in [2.05, 4.69) is 26.2 Å². The maximum absolute atomic E-state index is 11.9. The van der Waals surface area contributed by atoms with Crippen LogP contribution in [-0.4, -0.2) is 15.5 Å². The molecule has 1 aromatic heterocycles. The number of amides is 1. The Morgan fingerprint density at radius 1 is 1.50 bits per heavy atom. The Balaban J connectivity index is 2.11. The molecule has 0 aliphatic heterocycles. The molecule has 2 rings (SSSR count). The summed E-state index contributed by atoms with van der Waals surface area (Å²) in [6.45, 7) is -0.145. The van der Waals surface area contributed by atoms with Crippen LogP contribution < -0.4 is 16.6 Å². The second-order valence-corrected chi connectivity index (χ2v) is 5.22. The molecular formula is C12H10BrClN4O2. The predicted molar refractivity (Wildman–Crippen MR) is 80.7 cm³/mol. The van der Waals surface area contributed by atoms with Gasteiger partial charge in [0, 0.05) is 11.9 Å². The number of aromatic nitrogens is 2. The lowest BCUT2D eigenvalue weighted by Gasteiger charge is -2.08. The fraction of sp³-hybridized carbons (Fsp3) is 0.0833. The number of hydrogen-bond acceptors (Lipinski definition) is 4. The van der Waals surface area contributed by atoms with Crippen molar-refractivity contribution in [3.05, 3.63) is 50.6 Å². The first-order chi connectivity index (χ1) is 9.47. The largest absolute Gasteiger partial charge is 0.397 e. The minimum absolute atomic E-state index is 0.145. The molecule has 2 aromatic rings. The molecule has 0 unspecified atom stereocenters. The van der Waals surface area contributed by atoms with Crippen molar-refractivity contribution in [1.29, 1.82) is 0 Å². The van der Waals surface area contributed by atoms with E-state index < -0.39 is 0 Å². The quantitative estimate of drug-likeness (QED) is 0.821. The van der Waals surface area contributed by atoms with E-state index >= 15 is 0 Å². The maximum atomic E-state index is 11.9. The minimum atomic E-state index is -0.367. The van der Waals surface area contributed by atoms with Crippen LogP contribution in [0.4, 0.5) is 11.4 Å². The van der Waals surface area contributed by atoms with Crippen LogP contribution in [0.25, 0.3) is 0 Å². The summed E-state index contributed by atoms with van der Waals surface area (Å²) in [5, 5.41) is 3.04. The van der Waals surface area contributed by atoms with E-state index in [1.807, 2.05) is 0 Å². The Kier molecular flexibility index (Phi) is 4.41. The first kappa shape index (κ1) is 14.5. The van der Waals surface area contributed by atoms with Crippen molar-refractivity contribution in [3.63, 3.8) is 0 Å². The molecule has 0 saturated heterocycles. The second-order valence-electron chi connectivity index (χ2n) is 3.96. The summed E-state index contributed by atoms with van der Waals surface area (Å²) in [4.78, 5) is 27.4. The number of nitrogen functional groups attached to an aromatic ring is 1. The lowest BCUT2D eigenvalue weighted by atomic mass is 10.3. The van der Waals surface area contributed by atoms with E-state index in [0.29, 0.717) is 20.9 Å². The summed E-state index contributed by atoms with van der Waals surface area (Å²) in [5.74, 6) is -0.367. The molecule has 6 nitrogen and oxygen atoms in total. The first-order valence-corrected chi connectivity index (χ1v) is 6.69. The Hall–Kier alpha value is -1.86. The number of nitrogens with zero attached hydrogens (tertiary/aromatic N) is 2. The smallest absolute Gasteiger partial charge is 0.268 e. The van der Waals surface area contributed by atoms with Crippen molar-refractivity contribution in [3.8, 4) is 0 Å². The molecule has 104 valence electrons. The molecule has 0 saturated carbocycles. The Labute approximate surface area is 127 Å². The Morgan fingerprint density at radius 3 is 2.95 bits per heavy atom. The summed E-state index contributed by atoms with van der Waals surface area (Å²) in [5.41, 5.74) is 6.18. The van der Waals surface area contributed by atoms with Gasteiger partial charge in [0.2, 0.25) is 5.91 Å². The van der Waals surface area contributed by atoms with Gasteiger partial charge in [-0.2, -0.15) is 0 Å². The second kappa shape index (κ2) is 6.06. The Morgan fingerprint density at radius 2 is 2.25 bits per heavy atom. The number of nitrogens with two attached hydrogens (primary N) is 1. The lowest BCUT2D eigenvalue weighted by molar-refractivity contribution is -0.116. The van der Waals surface area contributed by atoms with Crippen molar-refractivity contribution in [2.24, 2.45) is 0 Å². The van der Waals surface area contributed by atoms with Gasteiger partial charge in [0.05, 0.1) is 17.0 Å². The number of carbonyl (C=O) groups excluding carboxylic acids is 1. The maximum Gasteiger partial charge on any atom is 0.268 e. The number of benzene rings is 1. The molecule has 0 fully saturated rings. The molecule has 3 N–H and O–H groups in total. The highest BCUT2D eigenvalue weighted by Crippen LogP contribution is 2.22. The van der Waals surface area contributed by atoms with Crippen LogP contribution in [0, 0.1) is 0 Å². The average Bonchev–Trinajstić information content (AvgIpc) is 2.39. The SMILES string of the molecule is Nc1cc(NC(=O)Cn2cncc(Br)c2=O)ccc1Cl. The van der Waals surface area contributed by atoms with Crippen LogP contribution in [-0.2, 0) is 11.3 Å². The van der Waals surface area contributed by atoms with Gasteiger partial charge in [-0.3, -0.25) is 14.2 Å². The first-order valence-electron chi connectivity index (χ1n) is 5.52. The van der Waals surface area contributed by atoms with Gasteiger partial charge in [-0.05, 0) is 34.1 Å². The van der Waals surface area contributed by atoms with Crippen LogP contribution in [0.2, 0.25) is 5.02 Å². The number of nitrogens with one attached hydrogen (secondary N) is 1. The van der Waals surface area contributed by atoms with Gasteiger partial charge in [0.15, 0.2) is 0 Å². The van der Waals surface area contributed by atoms with Crippen LogP contribution in [0.1, 0.15) is 0 Å². The topological polar surface area (TPSA) is 90.0 Å². The van der Waals surface area contributed by atoms with Gasteiger partial charge < -0.3 is 11.1 Å². The number of carbonyl (C=O) groups is 1. The summed E-state index contributed by atoms with van der Waals surface area (Å²) in [6, 6.07) is 4.75. The van der Waals surface area contributed by atoms with Crippen LogP contribution >= 0.6 is 27.5 Å². The van der Waals surface area contributed by atoms with Gasteiger partial charge >= 0.3 is 0 Å². The zero-order chi connectivity index (χ0) is 14.7. The van der Waals surface area contributed by atoms with Gasteiger partial charge in [-0.15, -0.1) is 0 Å². The molecule has 0 aliphatic carbocycles. The summed E-state index contributed by atoms with van der Waals surface area (Å²) in [6.07, 6.45) is 2.67. The van der Waals surface area contributed by atoms with Crippen molar-refractivity contribution in [2.45, 2.75) is 6.54 Å². The van der Waals surface area contributed by atoms with Crippen molar-refractivity contribution < 1.29 is 4.79 Å². The number of rotatable bonds is 3. The third-order valence-corrected chi connectivity index (χ3v) is 3.34. The van der Waals surface area contributed by atoms with Crippen LogP contribution in [0.3, 0.4) is 0 Å². The van der Waals surface area contributed by atoms with Gasteiger partial charge in [-0.25, -0.2) is 4.98 Å².